The summed E-state index contributed by atoms with van der Waals surface area (Å²) in [5.41, 5.74) is 0.913. The van der Waals surface area contributed by atoms with Crippen LogP contribution < -0.4 is 10.6 Å². The van der Waals surface area contributed by atoms with Crippen LogP contribution in [0.1, 0.15) is 12.6 Å². The lowest BCUT2D eigenvalue weighted by atomic mass is 10.5. The molecule has 6 nitrogen and oxygen atoms in total. The van der Waals surface area contributed by atoms with Crippen molar-refractivity contribution < 1.29 is 9.53 Å². The molecule has 0 unspecified atom stereocenters. The van der Waals surface area contributed by atoms with E-state index in [2.05, 4.69) is 20.2 Å². The van der Waals surface area contributed by atoms with Gasteiger partial charge in [-0.1, -0.05) is 4.49 Å². The van der Waals surface area contributed by atoms with Gasteiger partial charge in [-0.2, -0.15) is 0 Å². The molecule has 0 aliphatic rings. The Morgan fingerprint density at radius 1 is 1.60 bits per heavy atom. The van der Waals surface area contributed by atoms with Crippen LogP contribution in [0.15, 0.2) is 5.38 Å². The van der Waals surface area contributed by atoms with Crippen LogP contribution >= 0.6 is 11.5 Å². The van der Waals surface area contributed by atoms with Crippen LogP contribution in [0.3, 0.4) is 0 Å². The maximum absolute atomic E-state index is 10.9. The van der Waals surface area contributed by atoms with Gasteiger partial charge in [-0.3, -0.25) is 0 Å². The number of aromatic nitrogens is 2. The molecule has 1 heterocycles. The largest absolute Gasteiger partial charge is 0.450 e. The Balaban J connectivity index is 1.95. The summed E-state index contributed by atoms with van der Waals surface area (Å²) in [6.07, 6.45) is -0.380. The number of carbonyl (C=O) groups excluding carboxylic acids is 1. The monoisotopic (exact) mass is 230 g/mol. The number of nitrogens with zero attached hydrogens (tertiary/aromatic N) is 2. The smallest absolute Gasteiger partial charge is 0.407 e. The second-order valence-electron chi connectivity index (χ2n) is 2.72. The lowest BCUT2D eigenvalue weighted by molar-refractivity contribution is 0.152. The van der Waals surface area contributed by atoms with Crippen LogP contribution in [-0.2, 0) is 11.3 Å². The van der Waals surface area contributed by atoms with E-state index in [1.807, 2.05) is 5.38 Å². The van der Waals surface area contributed by atoms with Crippen molar-refractivity contribution in [3.63, 3.8) is 0 Å². The molecule has 0 spiro atoms. The molecule has 2 N–H and O–H groups in total. The van der Waals surface area contributed by atoms with Crippen LogP contribution in [0.4, 0.5) is 4.79 Å². The van der Waals surface area contributed by atoms with Gasteiger partial charge >= 0.3 is 6.09 Å². The van der Waals surface area contributed by atoms with E-state index in [1.165, 1.54) is 11.5 Å². The molecule has 84 valence electrons. The normalized spacial score (nSPS) is 9.93. The maximum Gasteiger partial charge on any atom is 0.407 e. The average Bonchev–Trinajstić information content (AvgIpc) is 2.70. The second kappa shape index (κ2) is 7.13. The van der Waals surface area contributed by atoms with Crippen molar-refractivity contribution in [1.29, 1.82) is 0 Å². The SMILES string of the molecule is CCOC(=O)NCCNCc1csnn1. The van der Waals surface area contributed by atoms with E-state index in [4.69, 9.17) is 4.74 Å². The van der Waals surface area contributed by atoms with Gasteiger partial charge in [0.25, 0.3) is 0 Å². The minimum Gasteiger partial charge on any atom is -0.450 e. The van der Waals surface area contributed by atoms with Crippen LogP contribution in [0.25, 0.3) is 0 Å². The van der Waals surface area contributed by atoms with Gasteiger partial charge < -0.3 is 15.4 Å². The summed E-state index contributed by atoms with van der Waals surface area (Å²) in [6, 6.07) is 0. The highest BCUT2D eigenvalue weighted by Crippen LogP contribution is 1.94. The van der Waals surface area contributed by atoms with Crippen molar-refractivity contribution in [1.82, 2.24) is 20.2 Å². The van der Waals surface area contributed by atoms with Gasteiger partial charge in [0.1, 0.15) is 0 Å². The van der Waals surface area contributed by atoms with Gasteiger partial charge in [-0.05, 0) is 18.5 Å². The molecule has 0 aliphatic carbocycles. The summed E-state index contributed by atoms with van der Waals surface area (Å²) in [5.74, 6) is 0. The topological polar surface area (TPSA) is 76.1 Å². The van der Waals surface area contributed by atoms with Crippen molar-refractivity contribution in [3.05, 3.63) is 11.1 Å². The first-order valence-corrected chi connectivity index (χ1v) is 5.54. The predicted molar refractivity (Wildman–Crippen MR) is 56.6 cm³/mol. The number of hydrogen-bond acceptors (Lipinski definition) is 6. The summed E-state index contributed by atoms with van der Waals surface area (Å²) in [4.78, 5) is 10.9. The number of nitrogens with one attached hydrogen (secondary N) is 2. The molecule has 0 aromatic carbocycles. The number of hydrogen-bond donors (Lipinski definition) is 2. The fourth-order valence-electron chi connectivity index (χ4n) is 0.913. The molecule has 1 aromatic rings. The molecule has 0 bridgehead atoms. The van der Waals surface area contributed by atoms with Crippen LogP contribution in [-0.4, -0.2) is 35.4 Å². The van der Waals surface area contributed by atoms with Gasteiger partial charge in [-0.25, -0.2) is 4.79 Å². The van der Waals surface area contributed by atoms with Crippen LogP contribution in [0.2, 0.25) is 0 Å². The molecule has 0 fully saturated rings. The van der Waals surface area contributed by atoms with Gasteiger partial charge in [0.2, 0.25) is 0 Å². The van der Waals surface area contributed by atoms with Crippen molar-refractivity contribution in [3.8, 4) is 0 Å². The molecule has 0 saturated heterocycles. The summed E-state index contributed by atoms with van der Waals surface area (Å²) in [7, 11) is 0. The molecule has 0 radical (unpaired) electrons. The number of rotatable bonds is 6. The number of carbonyl (C=O) groups is 1. The number of amides is 1. The fourth-order valence-corrected chi connectivity index (χ4v) is 1.36. The Morgan fingerprint density at radius 3 is 3.13 bits per heavy atom. The van der Waals surface area contributed by atoms with Gasteiger partial charge in [0.15, 0.2) is 0 Å². The third kappa shape index (κ3) is 5.28. The zero-order chi connectivity index (χ0) is 10.9. The first-order chi connectivity index (χ1) is 7.33. The van der Waals surface area contributed by atoms with Crippen molar-refractivity contribution in [2.75, 3.05) is 19.7 Å². The van der Waals surface area contributed by atoms with E-state index in [0.717, 1.165) is 5.69 Å². The molecule has 0 aliphatic heterocycles. The Bertz CT molecular complexity index is 278. The van der Waals surface area contributed by atoms with Crippen molar-refractivity contribution in [2.45, 2.75) is 13.5 Å². The molecule has 1 amide bonds. The summed E-state index contributed by atoms with van der Waals surface area (Å²) in [6.45, 7) is 4.05. The van der Waals surface area contributed by atoms with Gasteiger partial charge in [0, 0.05) is 25.0 Å². The van der Waals surface area contributed by atoms with E-state index >= 15 is 0 Å². The summed E-state index contributed by atoms with van der Waals surface area (Å²) >= 11 is 1.32. The summed E-state index contributed by atoms with van der Waals surface area (Å²) in [5, 5.41) is 11.5. The average molecular weight is 230 g/mol. The molecule has 1 rings (SSSR count). The molecule has 1 aromatic heterocycles. The van der Waals surface area contributed by atoms with Crippen molar-refractivity contribution >= 4 is 17.6 Å². The minimum atomic E-state index is -0.380. The molecule has 0 saturated carbocycles. The lowest BCUT2D eigenvalue weighted by Crippen LogP contribution is -2.32. The summed E-state index contributed by atoms with van der Waals surface area (Å²) < 4.78 is 8.43. The third-order valence-electron chi connectivity index (χ3n) is 1.56. The highest BCUT2D eigenvalue weighted by Gasteiger charge is 1.98. The standard InChI is InChI=1S/C8H14N4O2S/c1-2-14-8(13)10-4-3-9-5-7-6-15-12-11-7/h6,9H,2-5H2,1H3,(H,10,13). The fraction of sp³-hybridized carbons (Fsp3) is 0.625. The van der Waals surface area contributed by atoms with E-state index in [9.17, 15) is 4.79 Å². The number of ether oxygens (including phenoxy) is 1. The Hall–Kier alpha value is -1.21. The van der Waals surface area contributed by atoms with Gasteiger partial charge in [0.05, 0.1) is 12.3 Å². The zero-order valence-electron chi connectivity index (χ0n) is 8.52. The highest BCUT2D eigenvalue weighted by atomic mass is 32.1. The predicted octanol–water partition coefficient (Wildman–Crippen LogP) is 0.374. The lowest BCUT2D eigenvalue weighted by Gasteiger charge is -2.05. The second-order valence-corrected chi connectivity index (χ2v) is 3.33. The van der Waals surface area contributed by atoms with Crippen LogP contribution in [0, 0.1) is 0 Å². The molecule has 0 atom stereocenters. The van der Waals surface area contributed by atoms with E-state index < -0.39 is 0 Å². The quantitative estimate of drug-likeness (QED) is 0.691. The molecular formula is C8H14N4O2S. The molecule has 7 heteroatoms. The Kier molecular flexibility index (Phi) is 5.64. The minimum absolute atomic E-state index is 0.380. The van der Waals surface area contributed by atoms with Crippen LogP contribution in [0.5, 0.6) is 0 Å². The number of alkyl carbamates (subject to hydrolysis) is 1. The van der Waals surface area contributed by atoms with E-state index in [1.54, 1.807) is 6.92 Å². The first kappa shape index (κ1) is 11.9. The van der Waals surface area contributed by atoms with Gasteiger partial charge in [-0.15, -0.1) is 5.10 Å². The Morgan fingerprint density at radius 2 is 2.47 bits per heavy atom. The molecule has 15 heavy (non-hydrogen) atoms. The zero-order valence-corrected chi connectivity index (χ0v) is 9.34. The first-order valence-electron chi connectivity index (χ1n) is 4.70. The maximum atomic E-state index is 10.9. The van der Waals surface area contributed by atoms with E-state index in [-0.39, 0.29) is 6.09 Å². The third-order valence-corrected chi connectivity index (χ3v) is 2.11. The Labute approximate surface area is 92.2 Å². The van der Waals surface area contributed by atoms with Crippen molar-refractivity contribution in [2.24, 2.45) is 0 Å². The molecular weight excluding hydrogens is 216 g/mol. The highest BCUT2D eigenvalue weighted by molar-refractivity contribution is 7.03. The van der Waals surface area contributed by atoms with E-state index in [0.29, 0.717) is 26.2 Å².